The van der Waals surface area contributed by atoms with E-state index in [1.165, 1.54) is 38.9 Å². The Hall–Kier alpha value is -0.0800. The molecular formula is C13H28N2. The minimum absolute atomic E-state index is 0.629. The fourth-order valence-corrected chi connectivity index (χ4v) is 2.32. The second kappa shape index (κ2) is 6.49. The average Bonchev–Trinajstić information content (AvgIpc) is 2.25. The van der Waals surface area contributed by atoms with Crippen molar-refractivity contribution in [3.8, 4) is 0 Å². The molecule has 15 heavy (non-hydrogen) atoms. The van der Waals surface area contributed by atoms with Crippen LogP contribution in [0.15, 0.2) is 0 Å². The van der Waals surface area contributed by atoms with Gasteiger partial charge in [-0.05, 0) is 45.2 Å². The maximum absolute atomic E-state index is 3.57. The van der Waals surface area contributed by atoms with Crippen LogP contribution in [0.3, 0.4) is 0 Å². The van der Waals surface area contributed by atoms with Gasteiger partial charge in [-0.15, -0.1) is 0 Å². The van der Waals surface area contributed by atoms with Gasteiger partial charge in [-0.2, -0.15) is 0 Å². The SMILES string of the molecule is CCC(C)N1CCCC(CNC(C)C)C1. The van der Waals surface area contributed by atoms with Gasteiger partial charge in [-0.3, -0.25) is 0 Å². The van der Waals surface area contributed by atoms with E-state index in [4.69, 9.17) is 0 Å². The lowest BCUT2D eigenvalue weighted by atomic mass is 9.96. The van der Waals surface area contributed by atoms with Crippen LogP contribution >= 0.6 is 0 Å². The zero-order valence-electron chi connectivity index (χ0n) is 10.9. The van der Waals surface area contributed by atoms with Crippen molar-refractivity contribution in [1.82, 2.24) is 10.2 Å². The summed E-state index contributed by atoms with van der Waals surface area (Å²) in [5, 5.41) is 3.57. The zero-order valence-corrected chi connectivity index (χ0v) is 10.9. The molecule has 0 aromatic carbocycles. The molecule has 2 nitrogen and oxygen atoms in total. The van der Waals surface area contributed by atoms with Gasteiger partial charge in [0.05, 0.1) is 0 Å². The van der Waals surface area contributed by atoms with Gasteiger partial charge in [0, 0.05) is 18.6 Å². The summed E-state index contributed by atoms with van der Waals surface area (Å²) < 4.78 is 0. The number of piperidine rings is 1. The molecule has 0 saturated carbocycles. The third-order valence-electron chi connectivity index (χ3n) is 3.58. The second-order valence-corrected chi connectivity index (χ2v) is 5.32. The van der Waals surface area contributed by atoms with Crippen molar-refractivity contribution in [2.24, 2.45) is 5.92 Å². The molecule has 2 heteroatoms. The van der Waals surface area contributed by atoms with Crippen molar-refractivity contribution in [2.45, 2.75) is 59.0 Å². The second-order valence-electron chi connectivity index (χ2n) is 5.32. The van der Waals surface area contributed by atoms with E-state index in [0.29, 0.717) is 6.04 Å². The lowest BCUT2D eigenvalue weighted by Gasteiger charge is -2.36. The van der Waals surface area contributed by atoms with Crippen LogP contribution in [0.2, 0.25) is 0 Å². The van der Waals surface area contributed by atoms with Gasteiger partial charge in [-0.1, -0.05) is 20.8 Å². The fraction of sp³-hybridized carbons (Fsp3) is 1.00. The Bertz CT molecular complexity index is 168. The number of nitrogens with zero attached hydrogens (tertiary/aromatic N) is 1. The van der Waals surface area contributed by atoms with Gasteiger partial charge in [0.25, 0.3) is 0 Å². The van der Waals surface area contributed by atoms with Crippen LogP contribution in [0.5, 0.6) is 0 Å². The molecule has 2 atom stereocenters. The summed E-state index contributed by atoms with van der Waals surface area (Å²) in [6.45, 7) is 12.9. The Morgan fingerprint density at radius 3 is 2.67 bits per heavy atom. The average molecular weight is 212 g/mol. The number of hydrogen-bond acceptors (Lipinski definition) is 2. The van der Waals surface area contributed by atoms with Crippen LogP contribution in [0.25, 0.3) is 0 Å². The highest BCUT2D eigenvalue weighted by Gasteiger charge is 2.22. The Morgan fingerprint density at radius 1 is 1.33 bits per heavy atom. The summed E-state index contributed by atoms with van der Waals surface area (Å²) >= 11 is 0. The van der Waals surface area contributed by atoms with Crippen LogP contribution < -0.4 is 5.32 Å². The summed E-state index contributed by atoms with van der Waals surface area (Å²) in [7, 11) is 0. The predicted octanol–water partition coefficient (Wildman–Crippen LogP) is 2.49. The molecule has 1 N–H and O–H groups in total. The predicted molar refractivity (Wildman–Crippen MR) is 67.2 cm³/mol. The maximum Gasteiger partial charge on any atom is 0.00644 e. The van der Waals surface area contributed by atoms with Crippen molar-refractivity contribution in [2.75, 3.05) is 19.6 Å². The van der Waals surface area contributed by atoms with Gasteiger partial charge in [-0.25, -0.2) is 0 Å². The number of nitrogens with one attached hydrogen (secondary N) is 1. The van der Waals surface area contributed by atoms with E-state index in [0.717, 1.165) is 12.0 Å². The van der Waals surface area contributed by atoms with Gasteiger partial charge in [0.2, 0.25) is 0 Å². The highest BCUT2D eigenvalue weighted by molar-refractivity contribution is 4.78. The Kier molecular flexibility index (Phi) is 5.62. The maximum atomic E-state index is 3.57. The molecule has 0 aromatic heterocycles. The fourth-order valence-electron chi connectivity index (χ4n) is 2.32. The molecule has 1 aliphatic heterocycles. The molecule has 0 aromatic rings. The van der Waals surface area contributed by atoms with Gasteiger partial charge < -0.3 is 10.2 Å². The third-order valence-corrected chi connectivity index (χ3v) is 3.58. The van der Waals surface area contributed by atoms with E-state index >= 15 is 0 Å². The molecule has 0 aliphatic carbocycles. The molecule has 1 saturated heterocycles. The quantitative estimate of drug-likeness (QED) is 0.753. The molecule has 0 radical (unpaired) electrons. The molecule has 2 unspecified atom stereocenters. The van der Waals surface area contributed by atoms with Gasteiger partial charge >= 0.3 is 0 Å². The minimum atomic E-state index is 0.629. The normalized spacial score (nSPS) is 25.8. The Balaban J connectivity index is 2.29. The lowest BCUT2D eigenvalue weighted by Crippen LogP contribution is -2.44. The van der Waals surface area contributed by atoms with Gasteiger partial charge in [0.1, 0.15) is 0 Å². The molecule has 0 bridgehead atoms. The molecule has 1 heterocycles. The third kappa shape index (κ3) is 4.52. The molecule has 1 aliphatic rings. The van der Waals surface area contributed by atoms with E-state index in [9.17, 15) is 0 Å². The van der Waals surface area contributed by atoms with Crippen molar-refractivity contribution < 1.29 is 0 Å². The largest absolute Gasteiger partial charge is 0.314 e. The van der Waals surface area contributed by atoms with Crippen LogP contribution in [0, 0.1) is 5.92 Å². The van der Waals surface area contributed by atoms with Crippen LogP contribution in [0.4, 0.5) is 0 Å². The van der Waals surface area contributed by atoms with E-state index in [1.807, 2.05) is 0 Å². The highest BCUT2D eigenvalue weighted by Crippen LogP contribution is 2.18. The Labute approximate surface area is 95.4 Å². The lowest BCUT2D eigenvalue weighted by molar-refractivity contribution is 0.127. The van der Waals surface area contributed by atoms with Gasteiger partial charge in [0.15, 0.2) is 0 Å². The zero-order chi connectivity index (χ0) is 11.3. The summed E-state index contributed by atoms with van der Waals surface area (Å²) in [5.74, 6) is 0.871. The molecule has 1 fully saturated rings. The van der Waals surface area contributed by atoms with E-state index in [1.54, 1.807) is 0 Å². The molecule has 0 amide bonds. The summed E-state index contributed by atoms with van der Waals surface area (Å²) in [6.07, 6.45) is 4.08. The summed E-state index contributed by atoms with van der Waals surface area (Å²) in [5.41, 5.74) is 0. The summed E-state index contributed by atoms with van der Waals surface area (Å²) in [6, 6.07) is 1.40. The highest BCUT2D eigenvalue weighted by atomic mass is 15.2. The molecule has 1 rings (SSSR count). The molecule has 0 spiro atoms. The standard InChI is InChI=1S/C13H28N2/c1-5-12(4)15-8-6-7-13(10-15)9-14-11(2)3/h11-14H,5-10H2,1-4H3. The first-order valence-electron chi connectivity index (χ1n) is 6.61. The first kappa shape index (κ1) is 13.0. The van der Waals surface area contributed by atoms with Crippen LogP contribution in [-0.4, -0.2) is 36.6 Å². The van der Waals surface area contributed by atoms with Crippen molar-refractivity contribution in [1.29, 1.82) is 0 Å². The van der Waals surface area contributed by atoms with E-state index in [2.05, 4.69) is 37.9 Å². The molecule has 90 valence electrons. The minimum Gasteiger partial charge on any atom is -0.314 e. The van der Waals surface area contributed by atoms with Crippen molar-refractivity contribution in [3.05, 3.63) is 0 Å². The van der Waals surface area contributed by atoms with E-state index in [-0.39, 0.29) is 0 Å². The Morgan fingerprint density at radius 2 is 2.07 bits per heavy atom. The number of rotatable bonds is 5. The smallest absolute Gasteiger partial charge is 0.00644 e. The van der Waals surface area contributed by atoms with Crippen LogP contribution in [0.1, 0.15) is 47.0 Å². The number of likely N-dealkylation sites (tertiary alicyclic amines) is 1. The van der Waals surface area contributed by atoms with Crippen molar-refractivity contribution >= 4 is 0 Å². The topological polar surface area (TPSA) is 15.3 Å². The first-order valence-corrected chi connectivity index (χ1v) is 6.61. The first-order chi connectivity index (χ1) is 7.13. The monoisotopic (exact) mass is 212 g/mol. The van der Waals surface area contributed by atoms with Crippen molar-refractivity contribution in [3.63, 3.8) is 0 Å². The summed E-state index contributed by atoms with van der Waals surface area (Å²) in [4.78, 5) is 2.66. The molecular weight excluding hydrogens is 184 g/mol. The van der Waals surface area contributed by atoms with E-state index < -0.39 is 0 Å². The van der Waals surface area contributed by atoms with Crippen LogP contribution in [-0.2, 0) is 0 Å². The number of hydrogen-bond donors (Lipinski definition) is 1.